The molecule has 13 heteroatoms. The van der Waals surface area contributed by atoms with Crippen LogP contribution in [0, 0.1) is 0 Å². The van der Waals surface area contributed by atoms with Crippen molar-refractivity contribution in [2.24, 2.45) is 0 Å². The molecule has 0 aliphatic carbocycles. The first-order valence-electron chi connectivity index (χ1n) is 11.1. The van der Waals surface area contributed by atoms with Gasteiger partial charge in [-0.3, -0.25) is 9.59 Å². The van der Waals surface area contributed by atoms with Gasteiger partial charge in [0.05, 0.1) is 36.8 Å². The third-order valence-electron chi connectivity index (χ3n) is 5.46. The summed E-state index contributed by atoms with van der Waals surface area (Å²) in [5.74, 6) is -1.16. The van der Waals surface area contributed by atoms with Crippen LogP contribution in [0.2, 0.25) is 0 Å². The highest BCUT2D eigenvalue weighted by atomic mass is 32.2. The second-order valence-corrected chi connectivity index (χ2v) is 9.80. The number of rotatable bonds is 8. The fraction of sp³-hybridized carbons (Fsp3) is 0.348. The summed E-state index contributed by atoms with van der Waals surface area (Å²) in [5.41, 5.74) is 1.67. The van der Waals surface area contributed by atoms with Gasteiger partial charge in [-0.05, 0) is 47.5 Å². The molecule has 4 rings (SSSR count). The zero-order valence-corrected chi connectivity index (χ0v) is 21.5. The Balaban J connectivity index is 1.51. The number of benzene rings is 1. The summed E-state index contributed by atoms with van der Waals surface area (Å²) in [4.78, 5) is 39.9. The third kappa shape index (κ3) is 5.31. The molecule has 1 aliphatic heterocycles. The first-order valence-corrected chi connectivity index (χ1v) is 12.9. The van der Waals surface area contributed by atoms with E-state index >= 15 is 0 Å². The lowest BCUT2D eigenvalue weighted by Gasteiger charge is -2.25. The van der Waals surface area contributed by atoms with E-state index in [4.69, 9.17) is 14.0 Å². The van der Waals surface area contributed by atoms with Gasteiger partial charge < -0.3 is 29.3 Å². The molecular weight excluding hydrogens is 508 g/mol. The molecule has 1 aliphatic rings. The van der Waals surface area contributed by atoms with Crippen LogP contribution >= 0.6 is 23.1 Å². The molecule has 36 heavy (non-hydrogen) atoms. The summed E-state index contributed by atoms with van der Waals surface area (Å²) >= 11 is 2.21. The summed E-state index contributed by atoms with van der Waals surface area (Å²) in [6, 6.07) is 6.84. The number of nitrogens with zero attached hydrogens (tertiary/aromatic N) is 3. The molecule has 0 bridgehead atoms. The van der Waals surface area contributed by atoms with E-state index in [9.17, 15) is 19.5 Å². The van der Waals surface area contributed by atoms with E-state index in [0.29, 0.717) is 41.5 Å². The molecule has 1 aromatic carbocycles. The molecule has 0 fully saturated rings. The Bertz CT molecular complexity index is 1290. The van der Waals surface area contributed by atoms with Crippen LogP contribution in [-0.4, -0.2) is 54.0 Å². The van der Waals surface area contributed by atoms with Crippen LogP contribution in [0.1, 0.15) is 34.6 Å². The highest BCUT2D eigenvalue weighted by Crippen LogP contribution is 2.38. The molecule has 0 spiro atoms. The topological polar surface area (TPSA) is 138 Å². The van der Waals surface area contributed by atoms with Crippen molar-refractivity contribution in [1.29, 1.82) is 0 Å². The number of hydrogen-bond donors (Lipinski definition) is 1. The summed E-state index contributed by atoms with van der Waals surface area (Å²) in [7, 11) is 1.55. The largest absolute Gasteiger partial charge is 0.538 e. The molecule has 2 aromatic heterocycles. The SMILES string of the molecule is CCOC(=O)c1c(NC(=O)CSc2c([O-])on[n+]2-c2ccc(OC)cc2)sc2c1CCN(C(C)=O)C2. The summed E-state index contributed by atoms with van der Waals surface area (Å²) in [6.45, 7) is 4.25. The molecule has 3 heterocycles. The lowest BCUT2D eigenvalue weighted by molar-refractivity contribution is -0.705. The Morgan fingerprint density at radius 1 is 1.31 bits per heavy atom. The number of hydrogen-bond acceptors (Lipinski definition) is 10. The molecule has 3 aromatic rings. The normalized spacial score (nSPS) is 12.7. The zero-order valence-electron chi connectivity index (χ0n) is 19.9. The fourth-order valence-corrected chi connectivity index (χ4v) is 5.75. The number of carbonyl (C=O) groups excluding carboxylic acids is 3. The van der Waals surface area contributed by atoms with Crippen molar-refractivity contribution in [2.75, 3.05) is 31.3 Å². The summed E-state index contributed by atoms with van der Waals surface area (Å²) < 4.78 is 16.5. The fourth-order valence-electron chi connectivity index (χ4n) is 3.72. The molecule has 0 radical (unpaired) electrons. The van der Waals surface area contributed by atoms with Gasteiger partial charge in [0.25, 0.3) is 5.03 Å². The third-order valence-corrected chi connectivity index (χ3v) is 7.62. The molecule has 0 atom stereocenters. The van der Waals surface area contributed by atoms with Gasteiger partial charge in [0.2, 0.25) is 17.5 Å². The van der Waals surface area contributed by atoms with Crippen LogP contribution < -0.4 is 19.8 Å². The van der Waals surface area contributed by atoms with E-state index in [1.807, 2.05) is 0 Å². The predicted molar refractivity (Wildman–Crippen MR) is 128 cm³/mol. The van der Waals surface area contributed by atoms with Crippen molar-refractivity contribution in [3.63, 3.8) is 0 Å². The molecule has 0 unspecified atom stereocenters. The van der Waals surface area contributed by atoms with E-state index < -0.39 is 17.8 Å². The Labute approximate surface area is 214 Å². The molecule has 0 saturated heterocycles. The van der Waals surface area contributed by atoms with Gasteiger partial charge in [-0.1, -0.05) is 0 Å². The molecular formula is C23H24N4O7S2. The number of ether oxygens (including phenoxy) is 2. The predicted octanol–water partition coefficient (Wildman–Crippen LogP) is 1.91. The molecule has 11 nitrogen and oxygen atoms in total. The number of fused-ring (bicyclic) bond motifs is 1. The van der Waals surface area contributed by atoms with Crippen LogP contribution in [0.25, 0.3) is 5.69 Å². The summed E-state index contributed by atoms with van der Waals surface area (Å²) in [6.07, 6.45) is 0.492. The number of amides is 2. The lowest BCUT2D eigenvalue weighted by atomic mass is 10.0. The van der Waals surface area contributed by atoms with Crippen molar-refractivity contribution < 1.29 is 38.2 Å². The van der Waals surface area contributed by atoms with Crippen LogP contribution in [-0.2, 0) is 27.3 Å². The average molecular weight is 533 g/mol. The minimum Gasteiger partial charge on any atom is -0.538 e. The summed E-state index contributed by atoms with van der Waals surface area (Å²) in [5, 5.41) is 19.3. The number of nitrogens with one attached hydrogen (secondary N) is 1. The molecule has 2 amide bonds. The maximum atomic E-state index is 12.8. The number of esters is 1. The van der Waals surface area contributed by atoms with Gasteiger partial charge in [0.1, 0.15) is 10.8 Å². The maximum Gasteiger partial charge on any atom is 0.341 e. The van der Waals surface area contributed by atoms with E-state index in [2.05, 4.69) is 10.6 Å². The Morgan fingerprint density at radius 2 is 2.06 bits per heavy atom. The quantitative estimate of drug-likeness (QED) is 0.262. The van der Waals surface area contributed by atoms with Gasteiger partial charge in [-0.15, -0.1) is 11.3 Å². The lowest BCUT2D eigenvalue weighted by Crippen LogP contribution is -2.35. The molecule has 190 valence electrons. The standard InChI is InChI=1S/C23H24N4O7S2/c1-4-33-22(30)19-16-9-10-26(13(2)28)11-17(16)36-20(19)24-18(29)12-35-21-23(31)34-25-27(21)14-5-7-15(32-3)8-6-14/h5-8H,4,9-12H2,1-3H3,(H-,24,25,29,30,31). The smallest absolute Gasteiger partial charge is 0.341 e. The van der Waals surface area contributed by atoms with Gasteiger partial charge in [0.15, 0.2) is 5.95 Å². The Hall–Kier alpha value is -3.58. The zero-order chi connectivity index (χ0) is 25.8. The van der Waals surface area contributed by atoms with Gasteiger partial charge in [-0.25, -0.2) is 4.79 Å². The number of thioether (sulfide) groups is 1. The molecule has 1 N–H and O–H groups in total. The van der Waals surface area contributed by atoms with E-state index in [-0.39, 0.29) is 23.3 Å². The number of carbonyl (C=O) groups is 3. The van der Waals surface area contributed by atoms with Crippen molar-refractivity contribution in [3.05, 3.63) is 40.3 Å². The first-order chi connectivity index (χ1) is 17.3. The monoisotopic (exact) mass is 532 g/mol. The maximum absolute atomic E-state index is 12.8. The number of aromatic nitrogens is 2. The van der Waals surface area contributed by atoms with Gasteiger partial charge >= 0.3 is 5.97 Å². The first kappa shape index (κ1) is 25.5. The van der Waals surface area contributed by atoms with Gasteiger partial charge in [0, 0.05) is 30.5 Å². The number of anilines is 1. The van der Waals surface area contributed by atoms with Crippen molar-refractivity contribution in [1.82, 2.24) is 10.2 Å². The second-order valence-electron chi connectivity index (χ2n) is 7.73. The number of methoxy groups -OCH3 is 1. The van der Waals surface area contributed by atoms with E-state index in [1.165, 1.54) is 22.9 Å². The molecule has 0 saturated carbocycles. The van der Waals surface area contributed by atoms with Crippen molar-refractivity contribution in [3.8, 4) is 17.4 Å². The minimum atomic E-state index is -0.674. The number of thiophene rings is 1. The van der Waals surface area contributed by atoms with Crippen LogP contribution in [0.4, 0.5) is 5.00 Å². The second kappa shape index (κ2) is 11.0. The average Bonchev–Trinajstić information content (AvgIpc) is 3.41. The van der Waals surface area contributed by atoms with E-state index in [0.717, 1.165) is 22.2 Å². The Kier molecular flexibility index (Phi) is 7.79. The van der Waals surface area contributed by atoms with E-state index in [1.54, 1.807) is 43.2 Å². The van der Waals surface area contributed by atoms with Gasteiger partial charge in [-0.2, -0.15) is 0 Å². The van der Waals surface area contributed by atoms with Crippen molar-refractivity contribution >= 4 is 45.9 Å². The van der Waals surface area contributed by atoms with Crippen molar-refractivity contribution in [2.45, 2.75) is 31.8 Å². The highest BCUT2D eigenvalue weighted by molar-refractivity contribution is 7.99. The Morgan fingerprint density at radius 3 is 2.72 bits per heavy atom. The van der Waals surface area contributed by atoms with Crippen LogP contribution in [0.15, 0.2) is 33.8 Å². The van der Waals surface area contributed by atoms with Crippen LogP contribution in [0.3, 0.4) is 0 Å². The van der Waals surface area contributed by atoms with Crippen LogP contribution in [0.5, 0.6) is 11.7 Å². The highest BCUT2D eigenvalue weighted by Gasteiger charge is 2.30. The minimum absolute atomic E-state index is 0.0546.